The molecular weight excluding hydrogens is 292 g/mol. The first-order valence-corrected chi connectivity index (χ1v) is 7.79. The molecule has 1 unspecified atom stereocenters. The van der Waals surface area contributed by atoms with Gasteiger partial charge >= 0.3 is 5.97 Å². The Morgan fingerprint density at radius 3 is 2.24 bits per heavy atom. The maximum absolute atomic E-state index is 12.3. The SMILES string of the molecule is CC(C)(C)C(CC(=O)O)NS(=O)(=O)c1ccc(C#N)cc1. The molecule has 0 aliphatic carbocycles. The van der Waals surface area contributed by atoms with Crippen molar-refractivity contribution in [3.8, 4) is 6.07 Å². The second kappa shape index (κ2) is 6.24. The van der Waals surface area contributed by atoms with Gasteiger partial charge in [-0.1, -0.05) is 20.8 Å². The highest BCUT2D eigenvalue weighted by Crippen LogP contribution is 2.24. The molecule has 1 atom stereocenters. The van der Waals surface area contributed by atoms with Crippen molar-refractivity contribution in [3.63, 3.8) is 0 Å². The van der Waals surface area contributed by atoms with Crippen LogP contribution in [0.25, 0.3) is 0 Å². The molecule has 0 aromatic heterocycles. The summed E-state index contributed by atoms with van der Waals surface area (Å²) in [5.74, 6) is -1.07. The van der Waals surface area contributed by atoms with E-state index in [4.69, 9.17) is 10.4 Å². The molecule has 0 aliphatic heterocycles. The van der Waals surface area contributed by atoms with E-state index < -0.39 is 27.4 Å². The quantitative estimate of drug-likeness (QED) is 0.861. The van der Waals surface area contributed by atoms with E-state index in [-0.39, 0.29) is 11.3 Å². The van der Waals surface area contributed by atoms with Crippen LogP contribution in [0.15, 0.2) is 29.2 Å². The van der Waals surface area contributed by atoms with Crippen molar-refractivity contribution in [2.45, 2.75) is 38.1 Å². The van der Waals surface area contributed by atoms with E-state index in [2.05, 4.69) is 4.72 Å². The third-order valence-electron chi connectivity index (χ3n) is 3.02. The molecule has 2 N–H and O–H groups in total. The Balaban J connectivity index is 3.05. The predicted octanol–water partition coefficient (Wildman–Crippen LogP) is 1.73. The fourth-order valence-electron chi connectivity index (χ4n) is 1.66. The average Bonchev–Trinajstić information content (AvgIpc) is 2.36. The standard InChI is InChI=1S/C14H18N2O4S/c1-14(2,3)12(8-13(17)18)16-21(19,20)11-6-4-10(9-15)5-7-11/h4-7,12,16H,8H2,1-3H3,(H,17,18). The highest BCUT2D eigenvalue weighted by molar-refractivity contribution is 7.89. The lowest BCUT2D eigenvalue weighted by atomic mass is 9.85. The number of nitriles is 1. The van der Waals surface area contributed by atoms with Gasteiger partial charge in [0.1, 0.15) is 0 Å². The first kappa shape index (κ1) is 17.1. The van der Waals surface area contributed by atoms with Crippen molar-refractivity contribution in [2.75, 3.05) is 0 Å². The Morgan fingerprint density at radius 1 is 1.33 bits per heavy atom. The summed E-state index contributed by atoms with van der Waals surface area (Å²) in [5.41, 5.74) is -0.190. The average molecular weight is 310 g/mol. The lowest BCUT2D eigenvalue weighted by Crippen LogP contribution is -2.44. The number of sulfonamides is 1. The molecule has 0 amide bonds. The maximum Gasteiger partial charge on any atom is 0.304 e. The van der Waals surface area contributed by atoms with Crippen LogP contribution >= 0.6 is 0 Å². The van der Waals surface area contributed by atoms with E-state index in [1.54, 1.807) is 20.8 Å². The van der Waals surface area contributed by atoms with Crippen molar-refractivity contribution in [3.05, 3.63) is 29.8 Å². The van der Waals surface area contributed by atoms with Crippen LogP contribution in [0, 0.1) is 16.7 Å². The third-order valence-corrected chi connectivity index (χ3v) is 4.50. The highest BCUT2D eigenvalue weighted by Gasteiger charge is 2.31. The zero-order valence-electron chi connectivity index (χ0n) is 12.1. The molecule has 0 spiro atoms. The Labute approximate surface area is 124 Å². The van der Waals surface area contributed by atoms with Crippen LogP contribution in [0.4, 0.5) is 0 Å². The van der Waals surface area contributed by atoms with Gasteiger partial charge in [0.2, 0.25) is 10.0 Å². The van der Waals surface area contributed by atoms with E-state index in [0.29, 0.717) is 5.56 Å². The lowest BCUT2D eigenvalue weighted by Gasteiger charge is -2.30. The minimum absolute atomic E-state index is 0.00105. The van der Waals surface area contributed by atoms with E-state index >= 15 is 0 Å². The van der Waals surface area contributed by atoms with Crippen LogP contribution in [0.3, 0.4) is 0 Å². The van der Waals surface area contributed by atoms with E-state index in [9.17, 15) is 13.2 Å². The van der Waals surface area contributed by atoms with Gasteiger partial charge in [-0.3, -0.25) is 4.79 Å². The van der Waals surface area contributed by atoms with Crippen molar-refractivity contribution in [2.24, 2.45) is 5.41 Å². The molecule has 1 aromatic carbocycles. The molecule has 0 aliphatic rings. The number of benzene rings is 1. The van der Waals surface area contributed by atoms with Gasteiger partial charge < -0.3 is 5.11 Å². The normalized spacial score (nSPS) is 13.4. The number of carboxylic acids is 1. The monoisotopic (exact) mass is 310 g/mol. The fourth-order valence-corrected chi connectivity index (χ4v) is 3.11. The number of aliphatic carboxylic acids is 1. The first-order valence-electron chi connectivity index (χ1n) is 6.30. The number of hydrogen-bond acceptors (Lipinski definition) is 4. The Bertz CT molecular complexity index is 652. The minimum atomic E-state index is -3.84. The summed E-state index contributed by atoms with van der Waals surface area (Å²) < 4.78 is 27.0. The summed E-state index contributed by atoms with van der Waals surface area (Å²) in [6, 6.07) is 6.61. The molecular formula is C14H18N2O4S. The van der Waals surface area contributed by atoms with Gasteiger partial charge in [0, 0.05) is 6.04 Å². The minimum Gasteiger partial charge on any atom is -0.481 e. The molecule has 21 heavy (non-hydrogen) atoms. The Kier molecular flexibility index (Phi) is 5.10. The number of hydrogen-bond donors (Lipinski definition) is 2. The summed E-state index contributed by atoms with van der Waals surface area (Å²) >= 11 is 0. The topological polar surface area (TPSA) is 107 Å². The predicted molar refractivity (Wildman–Crippen MR) is 77.0 cm³/mol. The van der Waals surface area contributed by atoms with Crippen LogP contribution in [0.1, 0.15) is 32.8 Å². The summed E-state index contributed by atoms with van der Waals surface area (Å²) in [5, 5.41) is 17.6. The molecule has 1 aromatic rings. The fraction of sp³-hybridized carbons (Fsp3) is 0.429. The molecule has 0 heterocycles. The number of carboxylic acid groups (broad SMARTS) is 1. The van der Waals surface area contributed by atoms with Gasteiger partial charge in [0.15, 0.2) is 0 Å². The van der Waals surface area contributed by atoms with Gasteiger partial charge in [-0.15, -0.1) is 0 Å². The molecule has 0 fully saturated rings. The first-order chi connectivity index (χ1) is 9.56. The van der Waals surface area contributed by atoms with Crippen LogP contribution in [0.2, 0.25) is 0 Å². The van der Waals surface area contributed by atoms with E-state index in [0.717, 1.165) is 0 Å². The Hall–Kier alpha value is -1.91. The molecule has 0 saturated carbocycles. The highest BCUT2D eigenvalue weighted by atomic mass is 32.2. The molecule has 0 saturated heterocycles. The molecule has 0 radical (unpaired) electrons. The van der Waals surface area contributed by atoms with E-state index in [1.165, 1.54) is 24.3 Å². The van der Waals surface area contributed by atoms with Crippen molar-refractivity contribution >= 4 is 16.0 Å². The van der Waals surface area contributed by atoms with Gasteiger partial charge in [-0.25, -0.2) is 13.1 Å². The smallest absolute Gasteiger partial charge is 0.304 e. The maximum atomic E-state index is 12.3. The summed E-state index contributed by atoms with van der Waals surface area (Å²) in [6.45, 7) is 5.30. The number of nitrogens with zero attached hydrogens (tertiary/aromatic N) is 1. The van der Waals surface area contributed by atoms with Crippen molar-refractivity contribution in [1.29, 1.82) is 5.26 Å². The summed E-state index contributed by atoms with van der Waals surface area (Å²) in [6.07, 6.45) is -0.307. The van der Waals surface area contributed by atoms with Gasteiger partial charge in [0.05, 0.1) is 22.9 Å². The van der Waals surface area contributed by atoms with Crippen molar-refractivity contribution < 1.29 is 18.3 Å². The van der Waals surface area contributed by atoms with Crippen LogP contribution < -0.4 is 4.72 Å². The van der Waals surface area contributed by atoms with Crippen molar-refractivity contribution in [1.82, 2.24) is 4.72 Å². The lowest BCUT2D eigenvalue weighted by molar-refractivity contribution is -0.138. The van der Waals surface area contributed by atoms with Gasteiger partial charge in [0.25, 0.3) is 0 Å². The van der Waals surface area contributed by atoms with Gasteiger partial charge in [-0.2, -0.15) is 5.26 Å². The second-order valence-electron chi connectivity index (χ2n) is 5.77. The molecule has 6 nitrogen and oxygen atoms in total. The number of carbonyl (C=O) groups is 1. The molecule has 114 valence electrons. The zero-order valence-corrected chi connectivity index (χ0v) is 12.9. The Morgan fingerprint density at radius 2 is 1.86 bits per heavy atom. The molecule has 0 bridgehead atoms. The van der Waals surface area contributed by atoms with E-state index in [1.807, 2.05) is 6.07 Å². The van der Waals surface area contributed by atoms with Crippen LogP contribution in [-0.2, 0) is 14.8 Å². The summed E-state index contributed by atoms with van der Waals surface area (Å²) in [7, 11) is -3.84. The second-order valence-corrected chi connectivity index (χ2v) is 7.49. The van der Waals surface area contributed by atoms with Crippen LogP contribution in [0.5, 0.6) is 0 Å². The third kappa shape index (κ3) is 4.85. The molecule has 1 rings (SSSR count). The largest absolute Gasteiger partial charge is 0.481 e. The summed E-state index contributed by atoms with van der Waals surface area (Å²) in [4.78, 5) is 10.9. The zero-order chi connectivity index (χ0) is 16.3. The van der Waals surface area contributed by atoms with Gasteiger partial charge in [-0.05, 0) is 29.7 Å². The van der Waals surface area contributed by atoms with Crippen LogP contribution in [-0.4, -0.2) is 25.5 Å². The molecule has 7 heteroatoms. The number of rotatable bonds is 5. The number of nitrogens with one attached hydrogen (secondary N) is 1.